The summed E-state index contributed by atoms with van der Waals surface area (Å²) in [6, 6.07) is 11.0. The second-order valence-corrected chi connectivity index (χ2v) is 6.65. The number of thiophene rings is 1. The predicted octanol–water partition coefficient (Wildman–Crippen LogP) is 2.84. The summed E-state index contributed by atoms with van der Waals surface area (Å²) in [7, 11) is 0. The Bertz CT molecular complexity index is 769. The van der Waals surface area contributed by atoms with Crippen LogP contribution >= 0.6 is 11.3 Å². The fourth-order valence-electron chi connectivity index (χ4n) is 2.73. The van der Waals surface area contributed by atoms with E-state index < -0.39 is 11.9 Å². The molecule has 0 saturated carbocycles. The maximum absolute atomic E-state index is 12.2. The molecule has 0 radical (unpaired) electrons. The zero-order valence-electron chi connectivity index (χ0n) is 13.2. The molecule has 0 unspecified atom stereocenters. The lowest BCUT2D eigenvalue weighted by Crippen LogP contribution is -2.27. The molecule has 6 heteroatoms. The summed E-state index contributed by atoms with van der Waals surface area (Å²) in [6.07, 6.45) is 0.111. The molecule has 1 aliphatic heterocycles. The number of carbonyl (C=O) groups is 3. The maximum atomic E-state index is 12.2. The van der Waals surface area contributed by atoms with Crippen LogP contribution in [0.3, 0.4) is 0 Å². The van der Waals surface area contributed by atoms with Gasteiger partial charge in [-0.2, -0.15) is 0 Å². The summed E-state index contributed by atoms with van der Waals surface area (Å²) < 4.78 is 5.11. The fraction of sp³-hybridized carbons (Fsp3) is 0.278. The number of aryl methyl sites for hydroxylation is 1. The Morgan fingerprint density at radius 3 is 2.75 bits per heavy atom. The molecule has 0 N–H and O–H groups in total. The Kier molecular flexibility index (Phi) is 4.76. The van der Waals surface area contributed by atoms with Crippen LogP contribution in [0.1, 0.15) is 21.7 Å². The van der Waals surface area contributed by atoms with Gasteiger partial charge >= 0.3 is 5.97 Å². The van der Waals surface area contributed by atoms with Crippen LogP contribution in [-0.4, -0.2) is 30.8 Å². The van der Waals surface area contributed by atoms with Crippen molar-refractivity contribution < 1.29 is 19.1 Å². The van der Waals surface area contributed by atoms with Crippen LogP contribution in [0.2, 0.25) is 0 Å². The van der Waals surface area contributed by atoms with E-state index in [9.17, 15) is 14.4 Å². The third kappa shape index (κ3) is 3.38. The van der Waals surface area contributed by atoms with Crippen molar-refractivity contribution in [1.82, 2.24) is 0 Å². The first-order chi connectivity index (χ1) is 11.6. The molecule has 1 aromatic heterocycles. The molecule has 3 rings (SSSR count). The Labute approximate surface area is 143 Å². The van der Waals surface area contributed by atoms with Crippen LogP contribution in [0.5, 0.6) is 0 Å². The van der Waals surface area contributed by atoms with Crippen molar-refractivity contribution in [2.24, 2.45) is 5.92 Å². The van der Waals surface area contributed by atoms with Crippen molar-refractivity contribution in [3.8, 4) is 0 Å². The Morgan fingerprint density at radius 1 is 1.25 bits per heavy atom. The van der Waals surface area contributed by atoms with Crippen LogP contribution in [0.25, 0.3) is 0 Å². The van der Waals surface area contributed by atoms with Crippen molar-refractivity contribution in [1.29, 1.82) is 0 Å². The number of esters is 1. The van der Waals surface area contributed by atoms with Crippen molar-refractivity contribution in [3.63, 3.8) is 0 Å². The average Bonchev–Trinajstić information content (AvgIpc) is 3.23. The van der Waals surface area contributed by atoms with Gasteiger partial charge in [0.25, 0.3) is 0 Å². The first kappa shape index (κ1) is 16.4. The molecule has 1 aliphatic rings. The summed E-state index contributed by atoms with van der Waals surface area (Å²) in [5, 5.41) is 1.80. The lowest BCUT2D eigenvalue weighted by molar-refractivity contribution is -0.147. The largest absolute Gasteiger partial charge is 0.457 e. The Morgan fingerprint density at radius 2 is 2.04 bits per heavy atom. The van der Waals surface area contributed by atoms with Crippen LogP contribution in [0, 0.1) is 12.8 Å². The number of hydrogen-bond donors (Lipinski definition) is 0. The molecule has 0 spiro atoms. The fourth-order valence-corrected chi connectivity index (χ4v) is 3.38. The van der Waals surface area contributed by atoms with E-state index in [2.05, 4.69) is 0 Å². The minimum atomic E-state index is -0.534. The molecule has 2 aromatic rings. The highest BCUT2D eigenvalue weighted by Gasteiger charge is 2.36. The Hall–Kier alpha value is -2.47. The van der Waals surface area contributed by atoms with E-state index in [0.29, 0.717) is 4.88 Å². The molecule has 1 atom stereocenters. The monoisotopic (exact) mass is 343 g/mol. The number of ketones is 1. The van der Waals surface area contributed by atoms with E-state index in [-0.39, 0.29) is 31.3 Å². The standard InChI is InChI=1S/C18H17NO4S/c1-12-5-2-3-6-14(12)19-10-13(9-17(19)21)18(22)23-11-15(20)16-7-4-8-24-16/h2-8,13H,9-11H2,1H3/t13-/m1/s1. The second-order valence-electron chi connectivity index (χ2n) is 5.70. The number of ether oxygens (including phenoxy) is 1. The molecule has 124 valence electrons. The number of anilines is 1. The van der Waals surface area contributed by atoms with Crippen LogP contribution < -0.4 is 4.90 Å². The molecule has 24 heavy (non-hydrogen) atoms. The number of amides is 1. The summed E-state index contributed by atoms with van der Waals surface area (Å²) in [5.74, 6) is -1.35. The number of nitrogens with zero attached hydrogens (tertiary/aromatic N) is 1. The molecular formula is C18H17NO4S. The number of rotatable bonds is 5. The number of hydrogen-bond acceptors (Lipinski definition) is 5. The third-order valence-electron chi connectivity index (χ3n) is 4.01. The third-order valence-corrected chi connectivity index (χ3v) is 4.92. The zero-order valence-corrected chi connectivity index (χ0v) is 14.0. The topological polar surface area (TPSA) is 63.7 Å². The van der Waals surface area contributed by atoms with Gasteiger partial charge in [-0.25, -0.2) is 0 Å². The number of benzene rings is 1. The van der Waals surface area contributed by atoms with Crippen LogP contribution in [0.4, 0.5) is 5.69 Å². The summed E-state index contributed by atoms with van der Waals surface area (Å²) in [4.78, 5) is 38.4. The van der Waals surface area contributed by atoms with Crippen molar-refractivity contribution in [3.05, 3.63) is 52.2 Å². The van der Waals surface area contributed by atoms with Crippen LogP contribution in [-0.2, 0) is 14.3 Å². The summed E-state index contributed by atoms with van der Waals surface area (Å²) >= 11 is 1.31. The van der Waals surface area contributed by atoms with Crippen molar-refractivity contribution >= 4 is 34.7 Å². The van der Waals surface area contributed by atoms with E-state index in [1.807, 2.05) is 31.2 Å². The smallest absolute Gasteiger partial charge is 0.311 e. The Balaban J connectivity index is 1.60. The molecule has 2 heterocycles. The number of Topliss-reactive ketones (excluding diaryl/α,β-unsaturated/α-hetero) is 1. The predicted molar refractivity (Wildman–Crippen MR) is 91.2 cm³/mol. The average molecular weight is 343 g/mol. The highest BCUT2D eigenvalue weighted by molar-refractivity contribution is 7.12. The molecule has 5 nitrogen and oxygen atoms in total. The molecule has 0 aliphatic carbocycles. The van der Waals surface area contributed by atoms with Gasteiger partial charge in [-0.3, -0.25) is 14.4 Å². The molecule has 1 fully saturated rings. The van der Waals surface area contributed by atoms with E-state index in [1.54, 1.807) is 22.4 Å². The van der Waals surface area contributed by atoms with Crippen molar-refractivity contribution in [2.75, 3.05) is 18.1 Å². The van der Waals surface area contributed by atoms with E-state index in [4.69, 9.17) is 4.74 Å². The van der Waals surface area contributed by atoms with Gasteiger partial charge in [0.15, 0.2) is 6.61 Å². The van der Waals surface area contributed by atoms with Gasteiger partial charge in [0.05, 0.1) is 10.8 Å². The van der Waals surface area contributed by atoms with E-state index in [0.717, 1.165) is 11.3 Å². The zero-order chi connectivity index (χ0) is 17.1. The van der Waals surface area contributed by atoms with Crippen LogP contribution in [0.15, 0.2) is 41.8 Å². The quantitative estimate of drug-likeness (QED) is 0.619. The van der Waals surface area contributed by atoms with Gasteiger partial charge in [-0.1, -0.05) is 24.3 Å². The highest BCUT2D eigenvalue weighted by atomic mass is 32.1. The van der Waals surface area contributed by atoms with E-state index in [1.165, 1.54) is 11.3 Å². The molecular weight excluding hydrogens is 326 g/mol. The first-order valence-electron chi connectivity index (χ1n) is 7.65. The van der Waals surface area contributed by atoms with Gasteiger partial charge < -0.3 is 9.64 Å². The summed E-state index contributed by atoms with van der Waals surface area (Å²) in [6.45, 7) is 1.93. The highest BCUT2D eigenvalue weighted by Crippen LogP contribution is 2.28. The normalized spacial score (nSPS) is 17.1. The van der Waals surface area contributed by atoms with E-state index >= 15 is 0 Å². The van der Waals surface area contributed by atoms with Crippen molar-refractivity contribution in [2.45, 2.75) is 13.3 Å². The molecule has 1 aromatic carbocycles. The van der Waals surface area contributed by atoms with Gasteiger partial charge in [-0.05, 0) is 30.0 Å². The second kappa shape index (κ2) is 6.97. The minimum absolute atomic E-state index is 0.101. The number of carbonyl (C=O) groups excluding carboxylic acids is 3. The van der Waals surface area contributed by atoms with Gasteiger partial charge in [-0.15, -0.1) is 11.3 Å². The van der Waals surface area contributed by atoms with Gasteiger partial charge in [0.2, 0.25) is 11.7 Å². The number of para-hydroxylation sites is 1. The lowest BCUT2D eigenvalue weighted by atomic mass is 10.1. The molecule has 1 saturated heterocycles. The van der Waals surface area contributed by atoms with Gasteiger partial charge in [0.1, 0.15) is 0 Å². The van der Waals surface area contributed by atoms with Gasteiger partial charge in [0, 0.05) is 18.7 Å². The maximum Gasteiger partial charge on any atom is 0.311 e. The minimum Gasteiger partial charge on any atom is -0.457 e. The SMILES string of the molecule is Cc1ccccc1N1C[C@H](C(=O)OCC(=O)c2cccs2)CC1=O. The lowest BCUT2D eigenvalue weighted by Gasteiger charge is -2.18. The summed E-state index contributed by atoms with van der Waals surface area (Å²) in [5.41, 5.74) is 1.79. The first-order valence-corrected chi connectivity index (χ1v) is 8.53. The molecule has 1 amide bonds. The molecule has 0 bridgehead atoms.